The van der Waals surface area contributed by atoms with Gasteiger partial charge in [0.1, 0.15) is 6.10 Å². The van der Waals surface area contributed by atoms with Crippen LogP contribution >= 0.6 is 0 Å². The van der Waals surface area contributed by atoms with Gasteiger partial charge in [-0.25, -0.2) is 0 Å². The quantitative estimate of drug-likeness (QED) is 0.232. The fourth-order valence-electron chi connectivity index (χ4n) is 4.39. The van der Waals surface area contributed by atoms with Crippen LogP contribution in [0.4, 0.5) is 0 Å². The highest BCUT2D eigenvalue weighted by molar-refractivity contribution is 5.57. The molecule has 0 fully saturated rings. The van der Waals surface area contributed by atoms with E-state index in [1.54, 1.807) is 33.5 Å². The van der Waals surface area contributed by atoms with Crippen molar-refractivity contribution in [3.63, 3.8) is 0 Å². The zero-order chi connectivity index (χ0) is 27.7. The maximum Gasteiger partial charge on any atom is 0.204 e. The van der Waals surface area contributed by atoms with Crippen molar-refractivity contribution in [1.82, 2.24) is 0 Å². The van der Waals surface area contributed by atoms with Crippen LogP contribution in [0.25, 0.3) is 0 Å². The molecule has 1 atom stereocenters. The van der Waals surface area contributed by atoms with Crippen molar-refractivity contribution in [2.45, 2.75) is 59.0 Å². The third-order valence-electron chi connectivity index (χ3n) is 6.33. The fourth-order valence-corrected chi connectivity index (χ4v) is 4.39. The normalized spacial score (nSPS) is 11.6. The van der Waals surface area contributed by atoms with Crippen molar-refractivity contribution in [2.24, 2.45) is 0 Å². The van der Waals surface area contributed by atoms with E-state index in [0.29, 0.717) is 35.2 Å². The topological polar surface area (TPSA) is 75.6 Å². The van der Waals surface area contributed by atoms with Crippen LogP contribution < -0.4 is 28.4 Å². The number of hydrogen-bond acceptors (Lipinski definition) is 7. The molecule has 1 unspecified atom stereocenters. The minimum absolute atomic E-state index is 0.107. The molecule has 0 saturated heterocycles. The van der Waals surface area contributed by atoms with Crippen molar-refractivity contribution >= 4 is 0 Å². The molecule has 0 aliphatic heterocycles. The van der Waals surface area contributed by atoms with E-state index in [2.05, 4.69) is 13.8 Å². The van der Waals surface area contributed by atoms with Crippen molar-refractivity contribution in [1.29, 1.82) is 0 Å². The molecule has 3 aromatic carbocycles. The standard InChI is InChI=1S/C31H40O7/c1-8-11-20-13-14-24(25(15-20)33-4)37-27-19-22(18-26(34-5)30(27)32)23(10-3)38-31-28(35-6)16-21(12-9-2)17-29(31)36-7/h13-19,23,32H,8-12H2,1-7H3. The molecule has 3 rings (SSSR count). The molecular weight excluding hydrogens is 484 g/mol. The van der Waals surface area contributed by atoms with E-state index in [0.717, 1.165) is 42.4 Å². The average Bonchev–Trinajstić information content (AvgIpc) is 2.93. The van der Waals surface area contributed by atoms with Gasteiger partial charge in [-0.2, -0.15) is 0 Å². The van der Waals surface area contributed by atoms with E-state index >= 15 is 0 Å². The van der Waals surface area contributed by atoms with Crippen LogP contribution in [0.2, 0.25) is 0 Å². The largest absolute Gasteiger partial charge is 0.502 e. The molecule has 3 aromatic rings. The monoisotopic (exact) mass is 524 g/mol. The van der Waals surface area contributed by atoms with Crippen molar-refractivity contribution in [3.8, 4) is 46.0 Å². The highest BCUT2D eigenvalue weighted by atomic mass is 16.5. The van der Waals surface area contributed by atoms with Gasteiger partial charge in [-0.15, -0.1) is 0 Å². The SMILES string of the molecule is CCCc1ccc(Oc2cc(C(CC)Oc3c(OC)cc(CCC)cc3OC)cc(OC)c2O)c(OC)c1. The van der Waals surface area contributed by atoms with Crippen LogP contribution in [0.5, 0.6) is 46.0 Å². The van der Waals surface area contributed by atoms with Gasteiger partial charge in [0.15, 0.2) is 34.5 Å². The van der Waals surface area contributed by atoms with Gasteiger partial charge in [0.2, 0.25) is 11.5 Å². The van der Waals surface area contributed by atoms with Gasteiger partial charge >= 0.3 is 0 Å². The highest BCUT2D eigenvalue weighted by Crippen LogP contribution is 2.46. The maximum absolute atomic E-state index is 10.9. The molecule has 0 bridgehead atoms. The predicted octanol–water partition coefficient (Wildman–Crippen LogP) is 7.65. The number of benzene rings is 3. The molecule has 0 aliphatic rings. The van der Waals surface area contributed by atoms with Gasteiger partial charge in [-0.3, -0.25) is 0 Å². The molecule has 0 heterocycles. The van der Waals surface area contributed by atoms with E-state index in [1.165, 1.54) is 7.11 Å². The number of aromatic hydroxyl groups is 1. The minimum Gasteiger partial charge on any atom is -0.502 e. The summed E-state index contributed by atoms with van der Waals surface area (Å²) >= 11 is 0. The lowest BCUT2D eigenvalue weighted by Crippen LogP contribution is -2.09. The van der Waals surface area contributed by atoms with Gasteiger partial charge in [-0.05, 0) is 72.4 Å². The maximum atomic E-state index is 10.9. The molecule has 0 aromatic heterocycles. The summed E-state index contributed by atoms with van der Waals surface area (Å²) in [5, 5.41) is 10.9. The predicted molar refractivity (Wildman–Crippen MR) is 149 cm³/mol. The smallest absolute Gasteiger partial charge is 0.204 e. The number of phenolic OH excluding ortho intramolecular Hbond substituents is 1. The van der Waals surface area contributed by atoms with E-state index in [1.807, 2.05) is 37.3 Å². The molecular formula is C31H40O7. The minimum atomic E-state index is -0.402. The Morgan fingerprint density at radius 3 is 1.74 bits per heavy atom. The molecule has 206 valence electrons. The van der Waals surface area contributed by atoms with E-state index in [-0.39, 0.29) is 17.2 Å². The van der Waals surface area contributed by atoms with Crippen LogP contribution in [0.1, 0.15) is 62.8 Å². The number of hydrogen-bond donors (Lipinski definition) is 1. The summed E-state index contributed by atoms with van der Waals surface area (Å²) < 4.78 is 35.0. The Kier molecular flexibility index (Phi) is 10.4. The molecule has 0 amide bonds. The van der Waals surface area contributed by atoms with Gasteiger partial charge in [0.25, 0.3) is 0 Å². The molecule has 0 spiro atoms. The number of phenols is 1. The lowest BCUT2D eigenvalue weighted by atomic mass is 10.0. The van der Waals surface area contributed by atoms with Gasteiger partial charge in [0, 0.05) is 0 Å². The van der Waals surface area contributed by atoms with Gasteiger partial charge < -0.3 is 33.5 Å². The van der Waals surface area contributed by atoms with E-state index < -0.39 is 6.10 Å². The Bertz CT molecular complexity index is 1180. The number of methoxy groups -OCH3 is 4. The van der Waals surface area contributed by atoms with E-state index in [9.17, 15) is 5.11 Å². The lowest BCUT2D eigenvalue weighted by Gasteiger charge is -2.23. The molecule has 0 aliphatic carbocycles. The summed E-state index contributed by atoms with van der Waals surface area (Å²) in [5.74, 6) is 3.21. The Balaban J connectivity index is 2.01. The highest BCUT2D eigenvalue weighted by Gasteiger charge is 2.23. The Morgan fingerprint density at radius 2 is 1.18 bits per heavy atom. The molecule has 7 nitrogen and oxygen atoms in total. The van der Waals surface area contributed by atoms with E-state index in [4.69, 9.17) is 28.4 Å². The summed E-state index contributed by atoms with van der Waals surface area (Å²) in [4.78, 5) is 0. The summed E-state index contributed by atoms with van der Waals surface area (Å²) in [6, 6.07) is 13.3. The third-order valence-corrected chi connectivity index (χ3v) is 6.33. The first kappa shape index (κ1) is 28.8. The average molecular weight is 525 g/mol. The molecule has 7 heteroatoms. The first-order valence-electron chi connectivity index (χ1n) is 13.1. The zero-order valence-corrected chi connectivity index (χ0v) is 23.6. The van der Waals surface area contributed by atoms with Gasteiger partial charge in [0.05, 0.1) is 28.4 Å². The summed E-state index contributed by atoms with van der Waals surface area (Å²) in [6.45, 7) is 6.28. The first-order chi connectivity index (χ1) is 18.4. The Labute approximate surface area is 226 Å². The Morgan fingerprint density at radius 1 is 0.632 bits per heavy atom. The number of ether oxygens (including phenoxy) is 6. The number of rotatable bonds is 14. The fraction of sp³-hybridized carbons (Fsp3) is 0.419. The second-order valence-corrected chi connectivity index (χ2v) is 9.00. The van der Waals surface area contributed by atoms with Crippen LogP contribution in [0, 0.1) is 0 Å². The summed E-state index contributed by atoms with van der Waals surface area (Å²) in [6.07, 6.45) is 4.10. The lowest BCUT2D eigenvalue weighted by molar-refractivity contribution is 0.183. The van der Waals surface area contributed by atoms with Crippen LogP contribution in [-0.4, -0.2) is 33.5 Å². The number of aryl methyl sites for hydroxylation is 2. The Hall–Kier alpha value is -3.74. The van der Waals surface area contributed by atoms with Crippen molar-refractivity contribution in [2.75, 3.05) is 28.4 Å². The second kappa shape index (κ2) is 13.7. The van der Waals surface area contributed by atoms with Crippen LogP contribution in [-0.2, 0) is 12.8 Å². The third kappa shape index (κ3) is 6.57. The molecule has 1 N–H and O–H groups in total. The molecule has 0 radical (unpaired) electrons. The van der Waals surface area contributed by atoms with Crippen molar-refractivity contribution in [3.05, 3.63) is 59.2 Å². The molecule has 0 saturated carbocycles. The van der Waals surface area contributed by atoms with Crippen LogP contribution in [0.15, 0.2) is 42.5 Å². The van der Waals surface area contributed by atoms with Crippen molar-refractivity contribution < 1.29 is 33.5 Å². The van der Waals surface area contributed by atoms with Gasteiger partial charge in [-0.1, -0.05) is 39.7 Å². The van der Waals surface area contributed by atoms with Crippen LogP contribution in [0.3, 0.4) is 0 Å². The first-order valence-corrected chi connectivity index (χ1v) is 13.1. The summed E-state index contributed by atoms with van der Waals surface area (Å²) in [7, 11) is 6.34. The second-order valence-electron chi connectivity index (χ2n) is 9.00. The zero-order valence-electron chi connectivity index (χ0n) is 23.6. The molecule has 38 heavy (non-hydrogen) atoms. The summed E-state index contributed by atoms with van der Waals surface area (Å²) in [5.41, 5.74) is 3.03.